The van der Waals surface area contributed by atoms with Crippen LogP contribution < -0.4 is 10.2 Å². The molecule has 0 aromatic carbocycles. The third-order valence-corrected chi connectivity index (χ3v) is 2.69. The van der Waals surface area contributed by atoms with Gasteiger partial charge in [-0.2, -0.15) is 5.10 Å². The third-order valence-electron chi connectivity index (χ3n) is 2.69. The fourth-order valence-corrected chi connectivity index (χ4v) is 1.51. The summed E-state index contributed by atoms with van der Waals surface area (Å²) in [4.78, 5) is 21.9. The van der Waals surface area contributed by atoms with Gasteiger partial charge in [0.15, 0.2) is 0 Å². The summed E-state index contributed by atoms with van der Waals surface area (Å²) in [6.07, 6.45) is 4.54. The van der Waals surface area contributed by atoms with Crippen molar-refractivity contribution in [1.82, 2.24) is 19.7 Å². The van der Waals surface area contributed by atoms with Crippen LogP contribution in [0.15, 0.2) is 31.0 Å². The number of hydrogen-bond donors (Lipinski definition) is 1. The van der Waals surface area contributed by atoms with Gasteiger partial charge in [0.25, 0.3) is 0 Å². The van der Waals surface area contributed by atoms with Crippen LogP contribution in [0.25, 0.3) is 0 Å². The molecule has 0 aliphatic heterocycles. The zero-order valence-electron chi connectivity index (χ0n) is 11.1. The summed E-state index contributed by atoms with van der Waals surface area (Å²) < 4.78 is 1.50. The van der Waals surface area contributed by atoms with Crippen molar-refractivity contribution in [1.29, 1.82) is 0 Å². The Labute approximate surface area is 111 Å². The average Bonchev–Trinajstić information content (AvgIpc) is 2.92. The van der Waals surface area contributed by atoms with Gasteiger partial charge in [0.05, 0.1) is 11.9 Å². The highest BCUT2D eigenvalue weighted by Gasteiger charge is 2.15. The first kappa shape index (κ1) is 13.0. The van der Waals surface area contributed by atoms with Crippen LogP contribution in [0.4, 0.5) is 11.5 Å². The molecule has 1 amide bonds. The first-order valence-electron chi connectivity index (χ1n) is 5.86. The van der Waals surface area contributed by atoms with Gasteiger partial charge in [0.2, 0.25) is 5.91 Å². The van der Waals surface area contributed by atoms with Crippen molar-refractivity contribution < 1.29 is 4.79 Å². The van der Waals surface area contributed by atoms with Crippen molar-refractivity contribution in [3.8, 4) is 0 Å². The lowest BCUT2D eigenvalue weighted by Gasteiger charge is -2.14. The third kappa shape index (κ3) is 3.06. The Morgan fingerprint density at radius 3 is 2.74 bits per heavy atom. The maximum absolute atomic E-state index is 12.0. The van der Waals surface area contributed by atoms with Crippen molar-refractivity contribution in [3.05, 3.63) is 31.0 Å². The van der Waals surface area contributed by atoms with E-state index in [1.165, 1.54) is 17.3 Å². The summed E-state index contributed by atoms with van der Waals surface area (Å²) in [7, 11) is 3.82. The molecule has 1 atom stereocenters. The summed E-state index contributed by atoms with van der Waals surface area (Å²) in [6, 6.07) is 3.24. The van der Waals surface area contributed by atoms with E-state index in [1.807, 2.05) is 31.1 Å². The number of rotatable bonds is 4. The number of carbonyl (C=O) groups excluding carboxylic acids is 1. The molecule has 100 valence electrons. The minimum atomic E-state index is -0.420. The largest absolute Gasteiger partial charge is 0.363 e. The molecule has 0 saturated carbocycles. The quantitative estimate of drug-likeness (QED) is 0.885. The van der Waals surface area contributed by atoms with Crippen LogP contribution in [0.5, 0.6) is 0 Å². The fourth-order valence-electron chi connectivity index (χ4n) is 1.51. The summed E-state index contributed by atoms with van der Waals surface area (Å²) >= 11 is 0. The molecule has 0 fully saturated rings. The molecular weight excluding hydrogens is 244 g/mol. The van der Waals surface area contributed by atoms with Gasteiger partial charge in [-0.3, -0.25) is 4.79 Å². The molecule has 7 heteroatoms. The molecule has 0 spiro atoms. The van der Waals surface area contributed by atoms with Crippen LogP contribution in [-0.2, 0) is 4.79 Å². The number of nitrogens with one attached hydrogen (secondary N) is 1. The van der Waals surface area contributed by atoms with E-state index in [2.05, 4.69) is 20.4 Å². The van der Waals surface area contributed by atoms with Gasteiger partial charge in [-0.1, -0.05) is 0 Å². The second-order valence-electron chi connectivity index (χ2n) is 4.34. The summed E-state index contributed by atoms with van der Waals surface area (Å²) in [5.74, 6) is 0.673. The SMILES string of the molecule is CC(C(=O)Nc1ccc(N(C)C)nc1)n1cncn1. The number of amides is 1. The Kier molecular flexibility index (Phi) is 3.74. The van der Waals surface area contributed by atoms with Gasteiger partial charge in [-0.15, -0.1) is 0 Å². The molecule has 0 radical (unpaired) electrons. The van der Waals surface area contributed by atoms with Crippen molar-refractivity contribution in [3.63, 3.8) is 0 Å². The Morgan fingerprint density at radius 1 is 1.42 bits per heavy atom. The molecule has 2 heterocycles. The Morgan fingerprint density at radius 2 is 2.21 bits per heavy atom. The van der Waals surface area contributed by atoms with Crippen molar-refractivity contribution in [2.24, 2.45) is 0 Å². The van der Waals surface area contributed by atoms with E-state index in [-0.39, 0.29) is 5.91 Å². The number of pyridine rings is 1. The van der Waals surface area contributed by atoms with E-state index in [9.17, 15) is 4.79 Å². The standard InChI is InChI=1S/C12H16N6O/c1-9(18-8-13-7-15-18)12(19)16-10-4-5-11(14-6-10)17(2)3/h4-9H,1-3H3,(H,16,19). The lowest BCUT2D eigenvalue weighted by Crippen LogP contribution is -2.24. The molecule has 0 bridgehead atoms. The molecule has 19 heavy (non-hydrogen) atoms. The van der Waals surface area contributed by atoms with Crippen LogP contribution >= 0.6 is 0 Å². The van der Waals surface area contributed by atoms with Crippen LogP contribution in [0, 0.1) is 0 Å². The van der Waals surface area contributed by atoms with Gasteiger partial charge in [-0.05, 0) is 19.1 Å². The second-order valence-corrected chi connectivity index (χ2v) is 4.34. The zero-order valence-corrected chi connectivity index (χ0v) is 11.1. The number of aromatic nitrogens is 4. The summed E-state index contributed by atoms with van der Waals surface area (Å²) in [5.41, 5.74) is 0.655. The van der Waals surface area contributed by atoms with Gasteiger partial charge in [0, 0.05) is 14.1 Å². The van der Waals surface area contributed by atoms with E-state index in [0.29, 0.717) is 5.69 Å². The van der Waals surface area contributed by atoms with Crippen molar-refractivity contribution >= 4 is 17.4 Å². The van der Waals surface area contributed by atoms with E-state index < -0.39 is 6.04 Å². The van der Waals surface area contributed by atoms with Crippen molar-refractivity contribution in [2.45, 2.75) is 13.0 Å². The Balaban J connectivity index is 2.02. The predicted molar refractivity (Wildman–Crippen MR) is 71.9 cm³/mol. The maximum Gasteiger partial charge on any atom is 0.249 e. The van der Waals surface area contributed by atoms with E-state index >= 15 is 0 Å². The molecule has 7 nitrogen and oxygen atoms in total. The van der Waals surface area contributed by atoms with Crippen LogP contribution in [0.3, 0.4) is 0 Å². The first-order chi connectivity index (χ1) is 9.08. The van der Waals surface area contributed by atoms with Crippen molar-refractivity contribution in [2.75, 3.05) is 24.3 Å². The predicted octanol–water partition coefficient (Wildman–Crippen LogP) is 0.939. The second kappa shape index (κ2) is 5.47. The molecule has 1 unspecified atom stereocenters. The highest BCUT2D eigenvalue weighted by molar-refractivity contribution is 5.93. The zero-order chi connectivity index (χ0) is 13.8. The average molecular weight is 260 g/mol. The molecule has 0 saturated heterocycles. The molecule has 0 aliphatic carbocycles. The number of hydrogen-bond acceptors (Lipinski definition) is 5. The molecule has 0 aliphatic rings. The highest BCUT2D eigenvalue weighted by atomic mass is 16.2. The molecule has 2 aromatic rings. The van der Waals surface area contributed by atoms with Crippen LogP contribution in [-0.4, -0.2) is 39.8 Å². The molecular formula is C12H16N6O. The van der Waals surface area contributed by atoms with Gasteiger partial charge in [0.1, 0.15) is 24.5 Å². The number of carbonyl (C=O) groups is 1. The van der Waals surface area contributed by atoms with Crippen LogP contribution in [0.1, 0.15) is 13.0 Å². The van der Waals surface area contributed by atoms with E-state index in [4.69, 9.17) is 0 Å². The number of nitrogens with zero attached hydrogens (tertiary/aromatic N) is 5. The first-order valence-corrected chi connectivity index (χ1v) is 5.86. The Bertz CT molecular complexity index is 534. The Hall–Kier alpha value is -2.44. The lowest BCUT2D eigenvalue weighted by molar-refractivity contribution is -0.119. The molecule has 2 aromatic heterocycles. The van der Waals surface area contributed by atoms with Gasteiger partial charge >= 0.3 is 0 Å². The van der Waals surface area contributed by atoms with Gasteiger partial charge < -0.3 is 10.2 Å². The summed E-state index contributed by atoms with van der Waals surface area (Å²) in [5, 5.41) is 6.73. The van der Waals surface area contributed by atoms with Gasteiger partial charge in [-0.25, -0.2) is 14.6 Å². The summed E-state index contributed by atoms with van der Waals surface area (Å²) in [6.45, 7) is 1.76. The minimum Gasteiger partial charge on any atom is -0.363 e. The van der Waals surface area contributed by atoms with Crippen LogP contribution in [0.2, 0.25) is 0 Å². The smallest absolute Gasteiger partial charge is 0.249 e. The minimum absolute atomic E-state index is 0.162. The highest BCUT2D eigenvalue weighted by Crippen LogP contribution is 2.13. The van der Waals surface area contributed by atoms with E-state index in [0.717, 1.165) is 5.82 Å². The van der Waals surface area contributed by atoms with E-state index in [1.54, 1.807) is 13.1 Å². The number of anilines is 2. The molecule has 1 N–H and O–H groups in total. The topological polar surface area (TPSA) is 75.9 Å². The fraction of sp³-hybridized carbons (Fsp3) is 0.333. The maximum atomic E-state index is 12.0. The lowest BCUT2D eigenvalue weighted by atomic mass is 10.3. The monoisotopic (exact) mass is 260 g/mol. The molecule has 2 rings (SSSR count). The normalized spacial score (nSPS) is 11.9.